The summed E-state index contributed by atoms with van der Waals surface area (Å²) in [6, 6.07) is 5.93. The Hall–Kier alpha value is -1.26. The Morgan fingerprint density at radius 2 is 2.26 bits per heavy atom. The van der Waals surface area contributed by atoms with Crippen LogP contribution in [0.15, 0.2) is 18.2 Å². The molecule has 1 unspecified atom stereocenters. The minimum Gasteiger partial charge on any atom is -0.504 e. The number of hydrogen-bond acceptors (Lipinski definition) is 4. The third-order valence-corrected chi connectivity index (χ3v) is 3.54. The lowest BCUT2D eigenvalue weighted by atomic mass is 9.94. The van der Waals surface area contributed by atoms with Crippen molar-refractivity contribution >= 4 is 0 Å². The fourth-order valence-corrected chi connectivity index (χ4v) is 2.50. The molecule has 0 spiro atoms. The molecule has 106 valence electrons. The van der Waals surface area contributed by atoms with Crippen LogP contribution < -0.4 is 10.1 Å². The van der Waals surface area contributed by atoms with Crippen LogP contribution in [0.4, 0.5) is 0 Å². The Balaban J connectivity index is 1.91. The summed E-state index contributed by atoms with van der Waals surface area (Å²) in [5, 5.41) is 13.1. The number of methoxy groups -OCH3 is 1. The number of ether oxygens (including phenoxy) is 2. The molecule has 1 heterocycles. The molecule has 4 nitrogen and oxygen atoms in total. The van der Waals surface area contributed by atoms with Crippen molar-refractivity contribution < 1.29 is 14.6 Å². The summed E-state index contributed by atoms with van der Waals surface area (Å²) in [6.45, 7) is 5.84. The molecule has 2 N–H and O–H groups in total. The van der Waals surface area contributed by atoms with Crippen LogP contribution in [0.1, 0.15) is 32.3 Å². The van der Waals surface area contributed by atoms with E-state index in [0.717, 1.165) is 31.6 Å². The van der Waals surface area contributed by atoms with Crippen LogP contribution in [0, 0.1) is 0 Å². The molecule has 4 heteroatoms. The number of benzene rings is 1. The Kier molecular flexibility index (Phi) is 4.32. The third-order valence-electron chi connectivity index (χ3n) is 3.54. The Morgan fingerprint density at radius 1 is 1.47 bits per heavy atom. The van der Waals surface area contributed by atoms with Gasteiger partial charge in [-0.05, 0) is 44.4 Å². The molecule has 0 aromatic heterocycles. The fraction of sp³-hybridized carbons (Fsp3) is 0.600. The molecule has 0 amide bonds. The van der Waals surface area contributed by atoms with Gasteiger partial charge in [-0.25, -0.2) is 0 Å². The van der Waals surface area contributed by atoms with Crippen LogP contribution in [0.5, 0.6) is 11.5 Å². The standard InChI is InChI=1S/C15H23NO3/c1-15(2)9-12(6-7-19-15)16-10-11-4-5-13(17)14(8-11)18-3/h4-5,8,12,16-17H,6-7,9-10H2,1-3H3. The highest BCUT2D eigenvalue weighted by Crippen LogP contribution is 2.27. The van der Waals surface area contributed by atoms with E-state index in [1.165, 1.54) is 0 Å². The molecule has 1 aromatic carbocycles. The van der Waals surface area contributed by atoms with Gasteiger partial charge in [-0.15, -0.1) is 0 Å². The van der Waals surface area contributed by atoms with Gasteiger partial charge in [0.15, 0.2) is 11.5 Å². The van der Waals surface area contributed by atoms with Gasteiger partial charge in [0.1, 0.15) is 0 Å². The summed E-state index contributed by atoms with van der Waals surface area (Å²) < 4.78 is 10.8. The molecule has 1 aliphatic rings. The zero-order valence-corrected chi connectivity index (χ0v) is 11.9. The monoisotopic (exact) mass is 265 g/mol. The topological polar surface area (TPSA) is 50.7 Å². The van der Waals surface area contributed by atoms with Crippen LogP contribution in [0.25, 0.3) is 0 Å². The van der Waals surface area contributed by atoms with E-state index in [1.54, 1.807) is 13.2 Å². The SMILES string of the molecule is COc1cc(CNC2CCOC(C)(C)C2)ccc1O. The van der Waals surface area contributed by atoms with Crippen molar-refractivity contribution in [1.29, 1.82) is 0 Å². The Bertz CT molecular complexity index is 431. The first-order chi connectivity index (χ1) is 9.00. The molecule has 0 bridgehead atoms. The predicted molar refractivity (Wildman–Crippen MR) is 74.6 cm³/mol. The van der Waals surface area contributed by atoms with E-state index in [-0.39, 0.29) is 11.4 Å². The van der Waals surface area contributed by atoms with E-state index >= 15 is 0 Å². The number of nitrogens with one attached hydrogen (secondary N) is 1. The van der Waals surface area contributed by atoms with Crippen molar-refractivity contribution in [3.05, 3.63) is 23.8 Å². The van der Waals surface area contributed by atoms with Crippen LogP contribution in [-0.4, -0.2) is 30.5 Å². The highest BCUT2D eigenvalue weighted by atomic mass is 16.5. The summed E-state index contributed by atoms with van der Waals surface area (Å²) in [5.41, 5.74) is 1.07. The summed E-state index contributed by atoms with van der Waals surface area (Å²) in [7, 11) is 1.56. The number of rotatable bonds is 4. The zero-order chi connectivity index (χ0) is 13.9. The van der Waals surface area contributed by atoms with Gasteiger partial charge in [-0.2, -0.15) is 0 Å². The maximum atomic E-state index is 9.56. The van der Waals surface area contributed by atoms with E-state index in [2.05, 4.69) is 19.2 Å². The summed E-state index contributed by atoms with van der Waals surface area (Å²) in [6.07, 6.45) is 2.06. The van der Waals surface area contributed by atoms with E-state index in [9.17, 15) is 5.11 Å². The molecular weight excluding hydrogens is 242 g/mol. The van der Waals surface area contributed by atoms with Crippen LogP contribution in [0.3, 0.4) is 0 Å². The summed E-state index contributed by atoms with van der Waals surface area (Å²) >= 11 is 0. The molecule has 0 radical (unpaired) electrons. The first-order valence-corrected chi connectivity index (χ1v) is 6.73. The molecule has 0 aliphatic carbocycles. The quantitative estimate of drug-likeness (QED) is 0.878. The van der Waals surface area contributed by atoms with Crippen molar-refractivity contribution in [3.63, 3.8) is 0 Å². The van der Waals surface area contributed by atoms with Crippen LogP contribution in [-0.2, 0) is 11.3 Å². The van der Waals surface area contributed by atoms with Crippen molar-refractivity contribution in [2.45, 2.75) is 44.9 Å². The largest absolute Gasteiger partial charge is 0.504 e. The minimum absolute atomic E-state index is 0.0391. The van der Waals surface area contributed by atoms with Gasteiger partial charge in [-0.3, -0.25) is 0 Å². The lowest BCUT2D eigenvalue weighted by Gasteiger charge is -2.36. The maximum absolute atomic E-state index is 9.56. The molecule has 19 heavy (non-hydrogen) atoms. The molecule has 1 aromatic rings. The minimum atomic E-state index is -0.0391. The van der Waals surface area contributed by atoms with E-state index in [1.807, 2.05) is 12.1 Å². The van der Waals surface area contributed by atoms with Crippen molar-refractivity contribution in [3.8, 4) is 11.5 Å². The Morgan fingerprint density at radius 3 is 2.95 bits per heavy atom. The zero-order valence-electron chi connectivity index (χ0n) is 11.9. The average Bonchev–Trinajstić information content (AvgIpc) is 2.36. The first kappa shape index (κ1) is 14.2. The normalized spacial score (nSPS) is 22.2. The smallest absolute Gasteiger partial charge is 0.160 e. The number of phenols is 1. The molecular formula is C15H23NO3. The first-order valence-electron chi connectivity index (χ1n) is 6.73. The van der Waals surface area contributed by atoms with Crippen molar-refractivity contribution in [2.24, 2.45) is 0 Å². The third kappa shape index (κ3) is 3.85. The van der Waals surface area contributed by atoms with E-state index in [4.69, 9.17) is 9.47 Å². The molecule has 1 aliphatic heterocycles. The van der Waals surface area contributed by atoms with Gasteiger partial charge < -0.3 is 19.9 Å². The van der Waals surface area contributed by atoms with Crippen LogP contribution in [0.2, 0.25) is 0 Å². The second-order valence-corrected chi connectivity index (χ2v) is 5.68. The second kappa shape index (κ2) is 5.80. The summed E-state index contributed by atoms with van der Waals surface area (Å²) in [4.78, 5) is 0. The van der Waals surface area contributed by atoms with Crippen molar-refractivity contribution in [1.82, 2.24) is 5.32 Å². The maximum Gasteiger partial charge on any atom is 0.160 e. The molecule has 2 rings (SSSR count). The molecule has 0 saturated carbocycles. The molecule has 1 fully saturated rings. The lowest BCUT2D eigenvalue weighted by molar-refractivity contribution is -0.0630. The predicted octanol–water partition coefficient (Wildman–Crippen LogP) is 2.45. The highest BCUT2D eigenvalue weighted by molar-refractivity contribution is 5.41. The Labute approximate surface area is 114 Å². The van der Waals surface area contributed by atoms with Gasteiger partial charge in [0.05, 0.1) is 12.7 Å². The van der Waals surface area contributed by atoms with Crippen molar-refractivity contribution in [2.75, 3.05) is 13.7 Å². The fourth-order valence-electron chi connectivity index (χ4n) is 2.50. The number of aromatic hydroxyl groups is 1. The van der Waals surface area contributed by atoms with Gasteiger partial charge in [-0.1, -0.05) is 6.07 Å². The van der Waals surface area contributed by atoms with Gasteiger partial charge >= 0.3 is 0 Å². The lowest BCUT2D eigenvalue weighted by Crippen LogP contribution is -2.43. The number of hydrogen-bond donors (Lipinski definition) is 2. The number of phenolic OH excluding ortho intramolecular Hbond substituents is 1. The van der Waals surface area contributed by atoms with Gasteiger partial charge in [0, 0.05) is 19.2 Å². The van der Waals surface area contributed by atoms with E-state index in [0.29, 0.717) is 11.8 Å². The van der Waals surface area contributed by atoms with Crippen LogP contribution >= 0.6 is 0 Å². The van der Waals surface area contributed by atoms with Gasteiger partial charge in [0.2, 0.25) is 0 Å². The van der Waals surface area contributed by atoms with Gasteiger partial charge in [0.25, 0.3) is 0 Å². The highest BCUT2D eigenvalue weighted by Gasteiger charge is 2.28. The summed E-state index contributed by atoms with van der Waals surface area (Å²) in [5.74, 6) is 0.699. The molecule has 1 saturated heterocycles. The molecule has 1 atom stereocenters. The van der Waals surface area contributed by atoms with E-state index < -0.39 is 0 Å². The average molecular weight is 265 g/mol. The second-order valence-electron chi connectivity index (χ2n) is 5.68.